The summed E-state index contributed by atoms with van der Waals surface area (Å²) in [4.78, 5) is 12.5. The van der Waals surface area contributed by atoms with Crippen LogP contribution in [0.1, 0.15) is 17.5 Å². The van der Waals surface area contributed by atoms with Gasteiger partial charge in [0.15, 0.2) is 11.5 Å². The smallest absolute Gasteiger partial charge is 0.304 e. The van der Waals surface area contributed by atoms with E-state index in [9.17, 15) is 4.79 Å². The van der Waals surface area contributed by atoms with Gasteiger partial charge in [-0.05, 0) is 37.2 Å². The quantitative estimate of drug-likeness (QED) is 0.862. The Morgan fingerprint density at radius 1 is 1.39 bits per heavy atom. The Hall–Kier alpha value is -1.75. The summed E-state index contributed by atoms with van der Waals surface area (Å²) in [6.07, 6.45) is 0.153. The first-order chi connectivity index (χ1) is 8.56. The maximum atomic E-state index is 10.5. The van der Waals surface area contributed by atoms with Gasteiger partial charge in [0.1, 0.15) is 0 Å². The second-order valence-corrected chi connectivity index (χ2v) is 4.51. The Balaban J connectivity index is 2.03. The van der Waals surface area contributed by atoms with Crippen LogP contribution in [-0.4, -0.2) is 36.4 Å². The normalized spacial score (nSPS) is 13.1. The molecule has 0 saturated heterocycles. The van der Waals surface area contributed by atoms with E-state index in [4.69, 9.17) is 14.6 Å². The lowest BCUT2D eigenvalue weighted by Gasteiger charge is -2.17. The van der Waals surface area contributed by atoms with Crippen LogP contribution in [0.15, 0.2) is 12.1 Å². The van der Waals surface area contributed by atoms with Gasteiger partial charge in [-0.2, -0.15) is 0 Å². The highest BCUT2D eigenvalue weighted by Gasteiger charge is 2.16. The average Bonchev–Trinajstić information content (AvgIpc) is 2.74. The molecule has 0 aliphatic carbocycles. The van der Waals surface area contributed by atoms with Crippen LogP contribution in [0.25, 0.3) is 0 Å². The summed E-state index contributed by atoms with van der Waals surface area (Å²) >= 11 is 0. The molecule has 0 fully saturated rings. The van der Waals surface area contributed by atoms with Crippen LogP contribution in [-0.2, 0) is 11.3 Å². The summed E-state index contributed by atoms with van der Waals surface area (Å²) in [6.45, 7) is 3.52. The van der Waals surface area contributed by atoms with Crippen LogP contribution in [0, 0.1) is 6.92 Å². The third kappa shape index (κ3) is 2.92. The van der Waals surface area contributed by atoms with Crippen molar-refractivity contribution < 1.29 is 19.4 Å². The number of nitrogens with zero attached hydrogens (tertiary/aromatic N) is 1. The van der Waals surface area contributed by atoms with Crippen molar-refractivity contribution in [2.75, 3.05) is 20.4 Å². The van der Waals surface area contributed by atoms with Crippen molar-refractivity contribution in [1.29, 1.82) is 0 Å². The van der Waals surface area contributed by atoms with Crippen LogP contribution in [0.3, 0.4) is 0 Å². The molecule has 0 unspecified atom stereocenters. The standard InChI is InChI=1S/C13H17NO4/c1-9-5-11-12(18-8-17-11)6-10(9)7-14(2)4-3-13(15)16/h5-6H,3-4,7-8H2,1-2H3,(H,15,16). The first-order valence-electron chi connectivity index (χ1n) is 5.85. The highest BCUT2D eigenvalue weighted by atomic mass is 16.7. The Bertz CT molecular complexity index is 459. The van der Waals surface area contributed by atoms with E-state index in [2.05, 4.69) is 0 Å². The molecule has 18 heavy (non-hydrogen) atoms. The van der Waals surface area contributed by atoms with Gasteiger partial charge in [0.25, 0.3) is 0 Å². The molecule has 0 amide bonds. The van der Waals surface area contributed by atoms with E-state index in [1.165, 1.54) is 0 Å². The van der Waals surface area contributed by atoms with Gasteiger partial charge in [-0.3, -0.25) is 4.79 Å². The number of carbonyl (C=O) groups is 1. The van der Waals surface area contributed by atoms with Crippen molar-refractivity contribution in [2.45, 2.75) is 19.9 Å². The van der Waals surface area contributed by atoms with Crippen molar-refractivity contribution in [3.63, 3.8) is 0 Å². The van der Waals surface area contributed by atoms with Crippen molar-refractivity contribution in [1.82, 2.24) is 4.90 Å². The molecule has 0 spiro atoms. The van der Waals surface area contributed by atoms with Gasteiger partial charge >= 0.3 is 5.97 Å². The van der Waals surface area contributed by atoms with Gasteiger partial charge in [-0.15, -0.1) is 0 Å². The Morgan fingerprint density at radius 2 is 2.06 bits per heavy atom. The minimum atomic E-state index is -0.774. The molecule has 1 aliphatic rings. The first kappa shape index (κ1) is 12.7. The van der Waals surface area contributed by atoms with E-state index in [1.54, 1.807) is 0 Å². The summed E-state index contributed by atoms with van der Waals surface area (Å²) in [5.41, 5.74) is 2.26. The molecule has 5 nitrogen and oxygen atoms in total. The molecule has 1 aliphatic heterocycles. The van der Waals surface area contributed by atoms with Crippen molar-refractivity contribution >= 4 is 5.97 Å². The van der Waals surface area contributed by atoms with Gasteiger partial charge in [0.05, 0.1) is 6.42 Å². The Morgan fingerprint density at radius 3 is 2.72 bits per heavy atom. The van der Waals surface area contributed by atoms with Crippen LogP contribution < -0.4 is 9.47 Å². The number of fused-ring (bicyclic) bond motifs is 1. The minimum absolute atomic E-state index is 0.153. The fraction of sp³-hybridized carbons (Fsp3) is 0.462. The van der Waals surface area contributed by atoms with E-state index in [-0.39, 0.29) is 13.2 Å². The molecular weight excluding hydrogens is 234 g/mol. The van der Waals surface area contributed by atoms with Crippen LogP contribution in [0.2, 0.25) is 0 Å². The van der Waals surface area contributed by atoms with Crippen molar-refractivity contribution in [3.05, 3.63) is 23.3 Å². The average molecular weight is 251 g/mol. The number of ether oxygens (including phenoxy) is 2. The Labute approximate surface area is 106 Å². The predicted octanol–water partition coefficient (Wildman–Crippen LogP) is 1.63. The monoisotopic (exact) mass is 251 g/mol. The molecule has 1 aromatic carbocycles. The molecule has 0 saturated carbocycles. The van der Waals surface area contributed by atoms with Gasteiger partial charge in [-0.1, -0.05) is 0 Å². The van der Waals surface area contributed by atoms with E-state index in [1.807, 2.05) is 31.0 Å². The molecule has 1 heterocycles. The molecule has 1 N–H and O–H groups in total. The van der Waals surface area contributed by atoms with Crippen LogP contribution in [0.4, 0.5) is 0 Å². The molecule has 0 radical (unpaired) electrons. The number of aliphatic carboxylic acids is 1. The molecule has 2 rings (SSSR count). The fourth-order valence-electron chi connectivity index (χ4n) is 1.91. The third-order valence-corrected chi connectivity index (χ3v) is 2.98. The Kier molecular flexibility index (Phi) is 3.72. The molecule has 0 aromatic heterocycles. The lowest BCUT2D eigenvalue weighted by atomic mass is 10.1. The second kappa shape index (κ2) is 5.27. The first-order valence-corrected chi connectivity index (χ1v) is 5.85. The zero-order valence-corrected chi connectivity index (χ0v) is 10.6. The molecule has 0 bridgehead atoms. The maximum Gasteiger partial charge on any atom is 0.304 e. The number of hydrogen-bond donors (Lipinski definition) is 1. The van der Waals surface area contributed by atoms with E-state index < -0.39 is 5.97 Å². The lowest BCUT2D eigenvalue weighted by Crippen LogP contribution is -2.21. The largest absolute Gasteiger partial charge is 0.481 e. The zero-order chi connectivity index (χ0) is 13.1. The maximum absolute atomic E-state index is 10.5. The zero-order valence-electron chi connectivity index (χ0n) is 10.6. The number of aryl methyl sites for hydroxylation is 1. The SMILES string of the molecule is Cc1cc2c(cc1CN(C)CCC(=O)O)OCO2. The summed E-state index contributed by atoms with van der Waals surface area (Å²) in [5, 5.41) is 8.65. The van der Waals surface area contributed by atoms with Crippen LogP contribution in [0.5, 0.6) is 11.5 Å². The molecule has 0 atom stereocenters. The molecule has 98 valence electrons. The summed E-state index contributed by atoms with van der Waals surface area (Å²) in [5.74, 6) is 0.774. The van der Waals surface area contributed by atoms with Crippen LogP contribution >= 0.6 is 0 Å². The predicted molar refractivity (Wildman–Crippen MR) is 65.9 cm³/mol. The van der Waals surface area contributed by atoms with E-state index in [0.717, 1.165) is 22.6 Å². The summed E-state index contributed by atoms with van der Waals surface area (Å²) in [6, 6.07) is 3.93. The minimum Gasteiger partial charge on any atom is -0.481 e. The van der Waals surface area contributed by atoms with Gasteiger partial charge in [-0.25, -0.2) is 0 Å². The summed E-state index contributed by atoms with van der Waals surface area (Å²) in [7, 11) is 1.91. The van der Waals surface area contributed by atoms with E-state index in [0.29, 0.717) is 13.1 Å². The van der Waals surface area contributed by atoms with Gasteiger partial charge in [0.2, 0.25) is 6.79 Å². The molecule has 1 aromatic rings. The fourth-order valence-corrected chi connectivity index (χ4v) is 1.91. The number of hydrogen-bond acceptors (Lipinski definition) is 4. The highest BCUT2D eigenvalue weighted by Crippen LogP contribution is 2.34. The number of carboxylic acids is 1. The lowest BCUT2D eigenvalue weighted by molar-refractivity contribution is -0.137. The summed E-state index contributed by atoms with van der Waals surface area (Å²) < 4.78 is 10.6. The van der Waals surface area contributed by atoms with E-state index >= 15 is 0 Å². The number of carboxylic acid groups (broad SMARTS) is 1. The van der Waals surface area contributed by atoms with Gasteiger partial charge in [0, 0.05) is 13.1 Å². The highest BCUT2D eigenvalue weighted by molar-refractivity contribution is 5.66. The molecular formula is C13H17NO4. The third-order valence-electron chi connectivity index (χ3n) is 2.98. The van der Waals surface area contributed by atoms with Gasteiger partial charge < -0.3 is 19.5 Å². The number of rotatable bonds is 5. The van der Waals surface area contributed by atoms with Crippen molar-refractivity contribution in [3.8, 4) is 11.5 Å². The molecule has 5 heteroatoms. The number of benzene rings is 1. The van der Waals surface area contributed by atoms with Crippen molar-refractivity contribution in [2.24, 2.45) is 0 Å². The topological polar surface area (TPSA) is 59.0 Å². The second-order valence-electron chi connectivity index (χ2n) is 4.51.